The van der Waals surface area contributed by atoms with E-state index in [4.69, 9.17) is 9.47 Å². The van der Waals surface area contributed by atoms with Crippen molar-refractivity contribution in [1.82, 2.24) is 19.7 Å². The first-order chi connectivity index (χ1) is 11.7. The van der Waals surface area contributed by atoms with Crippen LogP contribution >= 0.6 is 11.8 Å². The molecule has 1 aromatic carbocycles. The highest BCUT2D eigenvalue weighted by Crippen LogP contribution is 2.34. The number of aryl methyl sites for hydroxylation is 1. The maximum Gasteiger partial charge on any atom is 0.233 e. The Kier molecular flexibility index (Phi) is 4.05. The van der Waals surface area contributed by atoms with Gasteiger partial charge >= 0.3 is 0 Å². The Labute approximate surface area is 143 Å². The van der Waals surface area contributed by atoms with E-state index in [1.165, 1.54) is 11.8 Å². The van der Waals surface area contributed by atoms with Gasteiger partial charge in [0.2, 0.25) is 12.7 Å². The van der Waals surface area contributed by atoms with E-state index in [1.54, 1.807) is 6.33 Å². The van der Waals surface area contributed by atoms with Gasteiger partial charge in [-0.1, -0.05) is 17.8 Å². The number of nitrogens with zero attached hydrogens (tertiary/aromatic N) is 4. The summed E-state index contributed by atoms with van der Waals surface area (Å²) in [4.78, 5) is 14.6. The molecule has 0 saturated heterocycles. The summed E-state index contributed by atoms with van der Waals surface area (Å²) in [6, 6.07) is 6.21. The van der Waals surface area contributed by atoms with Gasteiger partial charge in [-0.05, 0) is 30.5 Å². The summed E-state index contributed by atoms with van der Waals surface area (Å²) in [6.07, 6.45) is 3.79. The first-order valence-electron chi connectivity index (χ1n) is 7.85. The molecule has 7 nitrogen and oxygen atoms in total. The lowest BCUT2D eigenvalue weighted by Gasteiger charge is -2.22. The molecule has 1 aliphatic heterocycles. The van der Waals surface area contributed by atoms with Crippen LogP contribution < -0.4 is 9.47 Å². The molecule has 8 heteroatoms. The zero-order chi connectivity index (χ0) is 16.5. The first kappa shape index (κ1) is 15.3. The molecule has 0 N–H and O–H groups in total. The average Bonchev–Trinajstić information content (AvgIpc) is 3.17. The number of hydrogen-bond acceptors (Lipinski definition) is 6. The molecular formula is C16H18N4O3S. The van der Waals surface area contributed by atoms with Crippen LogP contribution in [0.5, 0.6) is 11.5 Å². The Hall–Kier alpha value is -2.22. The zero-order valence-corrected chi connectivity index (χ0v) is 14.2. The normalized spacial score (nSPS) is 15.5. The number of ether oxygens (including phenoxy) is 2. The van der Waals surface area contributed by atoms with Gasteiger partial charge in [0, 0.05) is 19.6 Å². The lowest BCUT2D eigenvalue weighted by Crippen LogP contribution is -2.34. The second-order valence-corrected chi connectivity index (χ2v) is 6.90. The number of benzene rings is 1. The van der Waals surface area contributed by atoms with Crippen LogP contribution in [0.2, 0.25) is 0 Å². The van der Waals surface area contributed by atoms with Crippen LogP contribution in [0.4, 0.5) is 0 Å². The third-order valence-corrected chi connectivity index (χ3v) is 5.11. The van der Waals surface area contributed by atoms with Crippen molar-refractivity contribution in [3.8, 4) is 11.5 Å². The predicted molar refractivity (Wildman–Crippen MR) is 87.9 cm³/mol. The Balaban J connectivity index is 1.42. The molecule has 0 radical (unpaired) electrons. The SMILES string of the molecule is Cn1cnnc1SCC(=O)N(Cc1ccc2c(c1)OCO2)C1CC1. The van der Waals surface area contributed by atoms with E-state index >= 15 is 0 Å². The van der Waals surface area contributed by atoms with Gasteiger partial charge in [-0.15, -0.1) is 10.2 Å². The van der Waals surface area contributed by atoms with Crippen molar-refractivity contribution < 1.29 is 14.3 Å². The number of thioether (sulfide) groups is 1. The van der Waals surface area contributed by atoms with Crippen LogP contribution in [0.1, 0.15) is 18.4 Å². The number of amides is 1. The first-order valence-corrected chi connectivity index (χ1v) is 8.84. The molecule has 4 rings (SSSR count). The van der Waals surface area contributed by atoms with Gasteiger partial charge in [-0.25, -0.2) is 0 Å². The summed E-state index contributed by atoms with van der Waals surface area (Å²) >= 11 is 1.42. The predicted octanol–water partition coefficient (Wildman–Crippen LogP) is 1.83. The summed E-state index contributed by atoms with van der Waals surface area (Å²) < 4.78 is 12.6. The third-order valence-electron chi connectivity index (χ3n) is 4.09. The monoisotopic (exact) mass is 346 g/mol. The second-order valence-electron chi connectivity index (χ2n) is 5.95. The minimum atomic E-state index is 0.128. The van der Waals surface area contributed by atoms with E-state index in [-0.39, 0.29) is 12.7 Å². The molecule has 126 valence electrons. The average molecular weight is 346 g/mol. The number of carbonyl (C=O) groups excluding carboxylic acids is 1. The van der Waals surface area contributed by atoms with Crippen molar-refractivity contribution in [3.63, 3.8) is 0 Å². The summed E-state index contributed by atoms with van der Waals surface area (Å²) in [5.74, 6) is 2.02. The van der Waals surface area contributed by atoms with Crippen molar-refractivity contribution in [2.75, 3.05) is 12.5 Å². The van der Waals surface area contributed by atoms with Gasteiger partial charge in [0.25, 0.3) is 0 Å². The van der Waals surface area contributed by atoms with Gasteiger partial charge in [0.05, 0.1) is 5.75 Å². The summed E-state index contributed by atoms with van der Waals surface area (Å²) in [6.45, 7) is 0.859. The van der Waals surface area contributed by atoms with Crippen molar-refractivity contribution in [2.45, 2.75) is 30.6 Å². The number of rotatable bonds is 6. The minimum absolute atomic E-state index is 0.128. The summed E-state index contributed by atoms with van der Waals surface area (Å²) in [5.41, 5.74) is 1.06. The fraction of sp³-hybridized carbons (Fsp3) is 0.438. The largest absolute Gasteiger partial charge is 0.454 e. The van der Waals surface area contributed by atoms with Crippen molar-refractivity contribution in [3.05, 3.63) is 30.1 Å². The Morgan fingerprint density at radius 2 is 2.21 bits per heavy atom. The van der Waals surface area contributed by atoms with Crippen molar-refractivity contribution in [1.29, 1.82) is 0 Å². The molecule has 1 fully saturated rings. The van der Waals surface area contributed by atoms with Gasteiger partial charge in [0.15, 0.2) is 16.7 Å². The smallest absolute Gasteiger partial charge is 0.233 e. The highest BCUT2D eigenvalue weighted by atomic mass is 32.2. The fourth-order valence-corrected chi connectivity index (χ4v) is 3.43. The van der Waals surface area contributed by atoms with Crippen LogP contribution in [0, 0.1) is 0 Å². The number of hydrogen-bond donors (Lipinski definition) is 0. The van der Waals surface area contributed by atoms with E-state index in [0.29, 0.717) is 18.3 Å². The molecule has 0 spiro atoms. The van der Waals surface area contributed by atoms with E-state index in [2.05, 4.69) is 10.2 Å². The number of aromatic nitrogens is 3. The molecule has 2 heterocycles. The summed E-state index contributed by atoms with van der Waals surface area (Å²) in [5, 5.41) is 8.59. The molecule has 1 amide bonds. The fourth-order valence-electron chi connectivity index (χ4n) is 2.66. The molecule has 0 bridgehead atoms. The molecule has 0 atom stereocenters. The van der Waals surface area contributed by atoms with E-state index < -0.39 is 0 Å². The highest BCUT2D eigenvalue weighted by molar-refractivity contribution is 7.99. The van der Waals surface area contributed by atoms with Gasteiger partial charge in [0.1, 0.15) is 6.33 Å². The zero-order valence-electron chi connectivity index (χ0n) is 13.3. The van der Waals surface area contributed by atoms with Crippen LogP contribution in [0.25, 0.3) is 0 Å². The van der Waals surface area contributed by atoms with E-state index in [1.807, 2.05) is 34.7 Å². The van der Waals surface area contributed by atoms with Crippen LogP contribution in [0.15, 0.2) is 29.7 Å². The van der Waals surface area contributed by atoms with E-state index in [9.17, 15) is 4.79 Å². The van der Waals surface area contributed by atoms with Gasteiger partial charge in [-0.2, -0.15) is 0 Å². The summed E-state index contributed by atoms with van der Waals surface area (Å²) in [7, 11) is 1.87. The molecule has 1 aromatic heterocycles. The third kappa shape index (κ3) is 3.19. The maximum atomic E-state index is 12.7. The molecule has 24 heavy (non-hydrogen) atoms. The van der Waals surface area contributed by atoms with Crippen LogP contribution in [-0.2, 0) is 18.4 Å². The molecule has 2 aliphatic rings. The standard InChI is InChI=1S/C16H18N4O3S/c1-19-9-17-18-16(19)24-8-15(21)20(12-3-4-12)7-11-2-5-13-14(6-11)23-10-22-13/h2,5-6,9,12H,3-4,7-8,10H2,1H3. The second kappa shape index (κ2) is 6.35. The van der Waals surface area contributed by atoms with Crippen LogP contribution in [0.3, 0.4) is 0 Å². The lowest BCUT2D eigenvalue weighted by molar-refractivity contribution is -0.129. The molecule has 1 aliphatic carbocycles. The number of carbonyl (C=O) groups is 1. The Morgan fingerprint density at radius 1 is 1.38 bits per heavy atom. The van der Waals surface area contributed by atoms with Crippen LogP contribution in [-0.4, -0.2) is 44.2 Å². The molecular weight excluding hydrogens is 328 g/mol. The van der Waals surface area contributed by atoms with Crippen molar-refractivity contribution >= 4 is 17.7 Å². The number of fused-ring (bicyclic) bond motifs is 1. The highest BCUT2D eigenvalue weighted by Gasteiger charge is 2.32. The van der Waals surface area contributed by atoms with Gasteiger partial charge < -0.3 is 18.9 Å². The topological polar surface area (TPSA) is 69.5 Å². The van der Waals surface area contributed by atoms with E-state index in [0.717, 1.165) is 35.1 Å². The molecule has 1 saturated carbocycles. The van der Waals surface area contributed by atoms with Gasteiger partial charge in [-0.3, -0.25) is 4.79 Å². The quantitative estimate of drug-likeness (QED) is 0.743. The lowest BCUT2D eigenvalue weighted by atomic mass is 10.2. The molecule has 0 unspecified atom stereocenters. The molecule has 2 aromatic rings. The Bertz CT molecular complexity index is 760. The Morgan fingerprint density at radius 3 is 2.96 bits per heavy atom. The minimum Gasteiger partial charge on any atom is -0.454 e. The van der Waals surface area contributed by atoms with Crippen molar-refractivity contribution in [2.24, 2.45) is 7.05 Å². The maximum absolute atomic E-state index is 12.7.